The minimum absolute atomic E-state index is 0.0424. The van der Waals surface area contributed by atoms with Crippen LogP contribution in [0.25, 0.3) is 0 Å². The SMILES string of the molecule is C=CC(=O)OCOc1ccc(CCC(=O)Oc2ccc(OC(=O)C(C)c3ccc(OCOC(=O)C=C)cc3)c(C(F)F)c2)cc1. The molecule has 0 bridgehead atoms. The van der Waals surface area contributed by atoms with Crippen molar-refractivity contribution in [3.8, 4) is 23.0 Å². The van der Waals surface area contributed by atoms with E-state index >= 15 is 0 Å². The molecule has 236 valence electrons. The van der Waals surface area contributed by atoms with Crippen molar-refractivity contribution in [2.24, 2.45) is 0 Å². The monoisotopic (exact) mass is 624 g/mol. The molecule has 0 saturated heterocycles. The number of esters is 4. The van der Waals surface area contributed by atoms with Crippen LogP contribution in [0.15, 0.2) is 92.0 Å². The van der Waals surface area contributed by atoms with Crippen molar-refractivity contribution in [1.29, 1.82) is 0 Å². The molecule has 0 heterocycles. The summed E-state index contributed by atoms with van der Waals surface area (Å²) in [5.74, 6) is -3.21. The van der Waals surface area contributed by atoms with E-state index in [0.717, 1.165) is 29.8 Å². The molecule has 12 heteroatoms. The van der Waals surface area contributed by atoms with Gasteiger partial charge < -0.3 is 28.4 Å². The van der Waals surface area contributed by atoms with Crippen LogP contribution in [-0.2, 0) is 35.1 Å². The van der Waals surface area contributed by atoms with Gasteiger partial charge in [-0.1, -0.05) is 37.4 Å². The summed E-state index contributed by atoms with van der Waals surface area (Å²) in [6.45, 7) is 7.49. The van der Waals surface area contributed by atoms with Crippen molar-refractivity contribution in [2.45, 2.75) is 32.1 Å². The Morgan fingerprint density at radius 1 is 0.756 bits per heavy atom. The molecule has 3 aromatic rings. The van der Waals surface area contributed by atoms with Crippen LogP contribution in [0, 0.1) is 0 Å². The highest BCUT2D eigenvalue weighted by Gasteiger charge is 2.23. The van der Waals surface area contributed by atoms with Crippen LogP contribution in [0.4, 0.5) is 8.78 Å². The summed E-state index contributed by atoms with van der Waals surface area (Å²) < 4.78 is 58.2. The maximum atomic E-state index is 13.9. The summed E-state index contributed by atoms with van der Waals surface area (Å²) in [7, 11) is 0. The first-order chi connectivity index (χ1) is 21.6. The maximum Gasteiger partial charge on any atom is 0.333 e. The maximum absolute atomic E-state index is 13.9. The molecular weight excluding hydrogens is 594 g/mol. The number of carbonyl (C=O) groups is 4. The van der Waals surface area contributed by atoms with E-state index in [0.29, 0.717) is 23.5 Å². The van der Waals surface area contributed by atoms with Gasteiger partial charge >= 0.3 is 23.9 Å². The first kappa shape index (κ1) is 34.0. The second kappa shape index (κ2) is 16.9. The predicted octanol–water partition coefficient (Wildman–Crippen LogP) is 6.00. The number of benzene rings is 3. The minimum atomic E-state index is -3.02. The molecule has 0 saturated carbocycles. The lowest BCUT2D eigenvalue weighted by atomic mass is 10.0. The quantitative estimate of drug-likeness (QED) is 0.0811. The van der Waals surface area contributed by atoms with E-state index in [9.17, 15) is 28.0 Å². The Balaban J connectivity index is 1.53. The number of halogens is 2. The van der Waals surface area contributed by atoms with Crippen molar-refractivity contribution in [3.63, 3.8) is 0 Å². The Hall–Kier alpha value is -5.52. The molecule has 1 unspecified atom stereocenters. The Morgan fingerprint density at radius 2 is 1.29 bits per heavy atom. The van der Waals surface area contributed by atoms with Gasteiger partial charge in [0, 0.05) is 18.6 Å². The second-order valence-corrected chi connectivity index (χ2v) is 9.19. The number of hydrogen-bond donors (Lipinski definition) is 0. The van der Waals surface area contributed by atoms with Crippen LogP contribution >= 0.6 is 0 Å². The third-order valence-electron chi connectivity index (χ3n) is 6.12. The summed E-state index contributed by atoms with van der Waals surface area (Å²) in [4.78, 5) is 47.3. The van der Waals surface area contributed by atoms with Gasteiger partial charge in [-0.2, -0.15) is 0 Å². The van der Waals surface area contributed by atoms with Crippen LogP contribution < -0.4 is 18.9 Å². The molecule has 0 aliphatic rings. The molecule has 0 N–H and O–H groups in total. The molecule has 3 aromatic carbocycles. The lowest BCUT2D eigenvalue weighted by Gasteiger charge is -2.15. The second-order valence-electron chi connectivity index (χ2n) is 9.19. The highest BCUT2D eigenvalue weighted by Crippen LogP contribution is 2.34. The topological polar surface area (TPSA) is 124 Å². The third kappa shape index (κ3) is 10.9. The van der Waals surface area contributed by atoms with Crippen LogP contribution in [0.1, 0.15) is 42.4 Å². The normalized spacial score (nSPS) is 11.1. The Kier molecular flexibility index (Phi) is 12.8. The highest BCUT2D eigenvalue weighted by molar-refractivity contribution is 5.81. The van der Waals surface area contributed by atoms with Crippen molar-refractivity contribution >= 4 is 23.9 Å². The first-order valence-electron chi connectivity index (χ1n) is 13.5. The lowest BCUT2D eigenvalue weighted by molar-refractivity contribution is -0.145. The van der Waals surface area contributed by atoms with Crippen molar-refractivity contribution in [2.75, 3.05) is 13.6 Å². The summed E-state index contributed by atoms with van der Waals surface area (Å²) in [6, 6.07) is 16.3. The van der Waals surface area contributed by atoms with E-state index in [-0.39, 0.29) is 31.5 Å². The number of rotatable bonds is 16. The molecular formula is C33H30F2O10. The van der Waals surface area contributed by atoms with Gasteiger partial charge in [0.15, 0.2) is 0 Å². The van der Waals surface area contributed by atoms with Crippen LogP contribution in [0.3, 0.4) is 0 Å². The number of alkyl halides is 2. The fraction of sp³-hybridized carbons (Fsp3) is 0.212. The molecule has 0 spiro atoms. The van der Waals surface area contributed by atoms with Crippen LogP contribution in [0.5, 0.6) is 23.0 Å². The van der Waals surface area contributed by atoms with Crippen molar-refractivity contribution in [1.82, 2.24) is 0 Å². The predicted molar refractivity (Wildman–Crippen MR) is 156 cm³/mol. The van der Waals surface area contributed by atoms with Crippen LogP contribution in [-0.4, -0.2) is 37.5 Å². The molecule has 10 nitrogen and oxygen atoms in total. The molecule has 0 aliphatic carbocycles. The van der Waals surface area contributed by atoms with Gasteiger partial charge in [0.05, 0.1) is 11.5 Å². The van der Waals surface area contributed by atoms with Gasteiger partial charge in [0.1, 0.15) is 23.0 Å². The van der Waals surface area contributed by atoms with Crippen molar-refractivity contribution in [3.05, 3.63) is 109 Å². The fourth-order valence-corrected chi connectivity index (χ4v) is 3.65. The summed E-state index contributed by atoms with van der Waals surface area (Å²) in [5.41, 5.74) is 0.687. The van der Waals surface area contributed by atoms with Gasteiger partial charge in [0.2, 0.25) is 13.6 Å². The molecule has 1 atom stereocenters. The third-order valence-corrected chi connectivity index (χ3v) is 6.12. The first-order valence-corrected chi connectivity index (χ1v) is 13.5. The number of aryl methyl sites for hydroxylation is 1. The minimum Gasteiger partial charge on any atom is -0.457 e. The molecule has 0 aliphatic heterocycles. The van der Waals surface area contributed by atoms with E-state index in [1.165, 1.54) is 6.07 Å². The molecule has 0 fully saturated rings. The van der Waals surface area contributed by atoms with Gasteiger partial charge in [0.25, 0.3) is 6.43 Å². The average Bonchev–Trinajstić information content (AvgIpc) is 3.04. The molecule has 0 radical (unpaired) electrons. The van der Waals surface area contributed by atoms with E-state index < -0.39 is 41.8 Å². The Morgan fingerprint density at radius 3 is 1.82 bits per heavy atom. The Bertz CT molecular complexity index is 1500. The van der Waals surface area contributed by atoms with Gasteiger partial charge in [-0.05, 0) is 66.9 Å². The summed E-state index contributed by atoms with van der Waals surface area (Å²) in [6.07, 6.45) is -0.749. The van der Waals surface area contributed by atoms with E-state index in [1.54, 1.807) is 55.5 Å². The number of hydrogen-bond acceptors (Lipinski definition) is 10. The molecule has 3 rings (SSSR count). The largest absolute Gasteiger partial charge is 0.457 e. The zero-order valence-corrected chi connectivity index (χ0v) is 24.2. The van der Waals surface area contributed by atoms with Gasteiger partial charge in [-0.25, -0.2) is 18.4 Å². The molecule has 45 heavy (non-hydrogen) atoms. The fourth-order valence-electron chi connectivity index (χ4n) is 3.65. The smallest absolute Gasteiger partial charge is 0.333 e. The van der Waals surface area contributed by atoms with Gasteiger partial charge in [-0.15, -0.1) is 0 Å². The van der Waals surface area contributed by atoms with E-state index in [2.05, 4.69) is 13.2 Å². The Labute approximate surface area is 257 Å². The zero-order valence-electron chi connectivity index (χ0n) is 24.2. The average molecular weight is 625 g/mol. The molecule has 0 amide bonds. The lowest BCUT2D eigenvalue weighted by Crippen LogP contribution is -2.17. The zero-order chi connectivity index (χ0) is 32.8. The van der Waals surface area contributed by atoms with Crippen molar-refractivity contribution < 1.29 is 56.4 Å². The molecule has 0 aromatic heterocycles. The summed E-state index contributed by atoms with van der Waals surface area (Å²) in [5, 5.41) is 0. The van der Waals surface area contributed by atoms with Gasteiger partial charge in [-0.3, -0.25) is 9.59 Å². The standard InChI is InChI=1S/C33H30F2O10/c1-4-29(36)42-19-40-24-11-6-22(7-12-24)8-17-31(38)44-26-15-16-28(27(18-26)32(34)35)45-33(39)21(3)23-9-13-25(14-10-23)41-20-43-30(37)5-2/h4-7,9-16,18,21,32H,1-2,8,17,19-20H2,3H3. The highest BCUT2D eigenvalue weighted by atomic mass is 19.3. The summed E-state index contributed by atoms with van der Waals surface area (Å²) >= 11 is 0. The van der Waals surface area contributed by atoms with E-state index in [1.807, 2.05) is 0 Å². The van der Waals surface area contributed by atoms with E-state index in [4.69, 9.17) is 28.4 Å². The van der Waals surface area contributed by atoms with Crippen LogP contribution in [0.2, 0.25) is 0 Å². The number of ether oxygens (including phenoxy) is 6. The number of carbonyl (C=O) groups excluding carboxylic acids is 4.